The molecule has 0 radical (unpaired) electrons. The number of benzene rings is 2. The van der Waals surface area contributed by atoms with Gasteiger partial charge in [-0.3, -0.25) is 0 Å². The van der Waals surface area contributed by atoms with E-state index in [0.717, 1.165) is 6.07 Å². The van der Waals surface area contributed by atoms with Crippen LogP contribution in [0.4, 0.5) is 10.1 Å². The second-order valence-electron chi connectivity index (χ2n) is 3.60. The molecular weight excluding hydrogens is 276 g/mol. The molecule has 0 atom stereocenters. The second kappa shape index (κ2) is 5.38. The molecule has 0 aliphatic rings. The molecule has 0 unspecified atom stereocenters. The zero-order valence-electron chi connectivity index (χ0n) is 9.11. The lowest BCUT2D eigenvalue weighted by Gasteiger charge is -2.04. The highest BCUT2D eigenvalue weighted by Gasteiger charge is 2.09. The summed E-state index contributed by atoms with van der Waals surface area (Å²) >= 11 is 11.5. The minimum atomic E-state index is -0.483. The summed E-state index contributed by atoms with van der Waals surface area (Å²) in [6.45, 7) is 0. The highest BCUT2D eigenvalue weighted by molar-refractivity contribution is 6.32. The van der Waals surface area contributed by atoms with Crippen molar-refractivity contribution in [3.63, 3.8) is 0 Å². The lowest BCUT2D eigenvalue weighted by Crippen LogP contribution is -1.99. The minimum absolute atomic E-state index is 0.0650. The SMILES string of the molecule is [O-][N+](=Cc1ccc(Cl)cc1)c1ccc(F)cc1Cl. The third-order valence-electron chi connectivity index (χ3n) is 2.28. The van der Waals surface area contributed by atoms with E-state index in [1.54, 1.807) is 24.3 Å². The van der Waals surface area contributed by atoms with Crippen molar-refractivity contribution in [3.8, 4) is 0 Å². The van der Waals surface area contributed by atoms with E-state index in [9.17, 15) is 9.60 Å². The zero-order valence-corrected chi connectivity index (χ0v) is 10.6. The molecule has 0 N–H and O–H groups in total. The predicted molar refractivity (Wildman–Crippen MR) is 71.3 cm³/mol. The quantitative estimate of drug-likeness (QED) is 0.347. The number of hydrogen-bond acceptors (Lipinski definition) is 1. The van der Waals surface area contributed by atoms with Gasteiger partial charge in [0, 0.05) is 16.7 Å². The van der Waals surface area contributed by atoms with Gasteiger partial charge in [-0.2, -0.15) is 4.74 Å². The molecule has 0 heterocycles. The van der Waals surface area contributed by atoms with E-state index in [1.165, 1.54) is 18.3 Å². The smallest absolute Gasteiger partial charge is 0.235 e. The van der Waals surface area contributed by atoms with Crippen LogP contribution >= 0.6 is 23.2 Å². The average molecular weight is 284 g/mol. The Hall–Kier alpha value is -1.58. The molecule has 0 fully saturated rings. The maximum Gasteiger partial charge on any atom is 0.235 e. The Labute approximate surface area is 113 Å². The molecule has 0 saturated heterocycles. The normalized spacial score (nSPS) is 11.6. The second-order valence-corrected chi connectivity index (χ2v) is 4.45. The summed E-state index contributed by atoms with van der Waals surface area (Å²) in [4.78, 5) is 0. The first-order valence-corrected chi connectivity index (χ1v) is 5.84. The van der Waals surface area contributed by atoms with Gasteiger partial charge in [0.25, 0.3) is 0 Å². The molecule has 0 aromatic heterocycles. The molecule has 2 aromatic rings. The van der Waals surface area contributed by atoms with Crippen molar-refractivity contribution in [2.75, 3.05) is 0 Å². The van der Waals surface area contributed by atoms with Crippen molar-refractivity contribution in [3.05, 3.63) is 69.1 Å². The molecule has 0 bridgehead atoms. The van der Waals surface area contributed by atoms with E-state index in [4.69, 9.17) is 23.2 Å². The Balaban J connectivity index is 2.35. The van der Waals surface area contributed by atoms with E-state index in [1.807, 2.05) is 0 Å². The molecular formula is C13H8Cl2FNO. The van der Waals surface area contributed by atoms with Crippen molar-refractivity contribution in [2.45, 2.75) is 0 Å². The van der Waals surface area contributed by atoms with Crippen LogP contribution < -0.4 is 0 Å². The van der Waals surface area contributed by atoms with E-state index in [0.29, 0.717) is 15.3 Å². The van der Waals surface area contributed by atoms with E-state index >= 15 is 0 Å². The summed E-state index contributed by atoms with van der Waals surface area (Å²) in [6, 6.07) is 10.4. The minimum Gasteiger partial charge on any atom is -0.618 e. The van der Waals surface area contributed by atoms with Crippen molar-refractivity contribution < 1.29 is 9.13 Å². The average Bonchev–Trinajstić information content (AvgIpc) is 2.32. The lowest BCUT2D eigenvalue weighted by atomic mass is 10.2. The third-order valence-corrected chi connectivity index (χ3v) is 2.84. The molecule has 2 aromatic carbocycles. The molecule has 0 saturated carbocycles. The fourth-order valence-electron chi connectivity index (χ4n) is 1.41. The van der Waals surface area contributed by atoms with Crippen LogP contribution in [-0.4, -0.2) is 11.0 Å². The number of halogens is 3. The van der Waals surface area contributed by atoms with Gasteiger partial charge in [-0.25, -0.2) is 4.39 Å². The standard InChI is InChI=1S/C13H8Cl2FNO/c14-10-3-1-9(2-4-10)8-17(18)13-6-5-11(16)7-12(13)15/h1-8H. The Morgan fingerprint density at radius 3 is 2.33 bits per heavy atom. The van der Waals surface area contributed by atoms with Gasteiger partial charge < -0.3 is 5.21 Å². The van der Waals surface area contributed by atoms with Gasteiger partial charge in [-0.1, -0.05) is 23.2 Å². The van der Waals surface area contributed by atoms with Crippen molar-refractivity contribution in [1.82, 2.24) is 0 Å². The summed E-state index contributed by atoms with van der Waals surface area (Å²) in [5.41, 5.74) is 0.864. The van der Waals surface area contributed by atoms with Gasteiger partial charge in [-0.05, 0) is 36.4 Å². The Morgan fingerprint density at radius 1 is 1.06 bits per heavy atom. The first-order chi connectivity index (χ1) is 8.56. The topological polar surface area (TPSA) is 26.1 Å². The van der Waals surface area contributed by atoms with Crippen LogP contribution in [0.25, 0.3) is 0 Å². The molecule has 0 aliphatic carbocycles. The maximum absolute atomic E-state index is 12.9. The van der Waals surface area contributed by atoms with E-state index in [2.05, 4.69) is 0 Å². The van der Waals surface area contributed by atoms with Crippen LogP contribution in [0.3, 0.4) is 0 Å². The summed E-state index contributed by atoms with van der Waals surface area (Å²) in [5.74, 6) is -0.483. The summed E-state index contributed by atoms with van der Waals surface area (Å²) in [6.07, 6.45) is 1.34. The number of hydrogen-bond donors (Lipinski definition) is 0. The summed E-state index contributed by atoms with van der Waals surface area (Å²) < 4.78 is 13.4. The Morgan fingerprint density at radius 2 is 1.72 bits per heavy atom. The molecule has 92 valence electrons. The fraction of sp³-hybridized carbons (Fsp3) is 0. The van der Waals surface area contributed by atoms with E-state index < -0.39 is 5.82 Å². The number of rotatable bonds is 2. The molecule has 18 heavy (non-hydrogen) atoms. The molecule has 2 nitrogen and oxygen atoms in total. The van der Waals surface area contributed by atoms with Crippen molar-refractivity contribution in [1.29, 1.82) is 0 Å². The van der Waals surface area contributed by atoms with Crippen LogP contribution in [0, 0.1) is 11.0 Å². The Kier molecular flexibility index (Phi) is 3.84. The highest BCUT2D eigenvalue weighted by atomic mass is 35.5. The summed E-state index contributed by atoms with van der Waals surface area (Å²) in [5, 5.41) is 12.5. The number of nitrogens with zero attached hydrogens (tertiary/aromatic N) is 1. The molecule has 0 aliphatic heterocycles. The zero-order chi connectivity index (χ0) is 13.1. The lowest BCUT2D eigenvalue weighted by molar-refractivity contribution is -0.354. The maximum atomic E-state index is 12.9. The van der Waals surface area contributed by atoms with Crippen LogP contribution in [0.15, 0.2) is 42.5 Å². The highest BCUT2D eigenvalue weighted by Crippen LogP contribution is 2.24. The van der Waals surface area contributed by atoms with Gasteiger partial charge in [-0.15, -0.1) is 0 Å². The van der Waals surface area contributed by atoms with Crippen LogP contribution in [0.1, 0.15) is 5.56 Å². The van der Waals surface area contributed by atoms with Gasteiger partial charge in [0.1, 0.15) is 10.8 Å². The first-order valence-electron chi connectivity index (χ1n) is 5.08. The van der Waals surface area contributed by atoms with Crippen LogP contribution in [-0.2, 0) is 0 Å². The van der Waals surface area contributed by atoms with Crippen molar-refractivity contribution in [2.24, 2.45) is 0 Å². The van der Waals surface area contributed by atoms with Gasteiger partial charge in [0.2, 0.25) is 5.69 Å². The van der Waals surface area contributed by atoms with E-state index in [-0.39, 0.29) is 10.7 Å². The third kappa shape index (κ3) is 3.00. The Bertz CT molecular complexity index is 596. The first kappa shape index (κ1) is 12.9. The van der Waals surface area contributed by atoms with Gasteiger partial charge >= 0.3 is 0 Å². The van der Waals surface area contributed by atoms with Gasteiger partial charge in [0.05, 0.1) is 0 Å². The fourth-order valence-corrected chi connectivity index (χ4v) is 1.79. The summed E-state index contributed by atoms with van der Waals surface area (Å²) in [7, 11) is 0. The van der Waals surface area contributed by atoms with Crippen LogP contribution in [0.5, 0.6) is 0 Å². The van der Waals surface area contributed by atoms with Crippen molar-refractivity contribution >= 4 is 35.1 Å². The predicted octanol–water partition coefficient (Wildman–Crippen LogP) is 4.39. The van der Waals surface area contributed by atoms with Crippen LogP contribution in [0.2, 0.25) is 10.0 Å². The van der Waals surface area contributed by atoms with Gasteiger partial charge in [0.15, 0.2) is 6.21 Å². The molecule has 5 heteroatoms. The monoisotopic (exact) mass is 283 g/mol. The molecule has 0 spiro atoms. The largest absolute Gasteiger partial charge is 0.618 e. The molecule has 2 rings (SSSR count). The molecule has 0 amide bonds.